The van der Waals surface area contributed by atoms with E-state index in [1.807, 2.05) is 11.3 Å². The van der Waals surface area contributed by atoms with Crippen molar-refractivity contribution in [2.45, 2.75) is 45.7 Å². The van der Waals surface area contributed by atoms with Crippen LogP contribution in [0, 0.1) is 0 Å². The van der Waals surface area contributed by atoms with E-state index >= 15 is 0 Å². The Balaban J connectivity index is 1.57. The number of amides is 1. The van der Waals surface area contributed by atoms with E-state index in [0.717, 1.165) is 24.9 Å². The van der Waals surface area contributed by atoms with Crippen LogP contribution in [0.25, 0.3) is 0 Å². The first-order valence-corrected chi connectivity index (χ1v) is 9.65. The number of hydrogen-bond donors (Lipinski definition) is 1. The molecule has 0 radical (unpaired) electrons. The minimum Gasteiger partial charge on any atom is -0.348 e. The number of rotatable bonds is 5. The van der Waals surface area contributed by atoms with Crippen LogP contribution < -0.4 is 5.32 Å². The van der Waals surface area contributed by atoms with E-state index in [-0.39, 0.29) is 11.9 Å². The Kier molecular flexibility index (Phi) is 5.36. The van der Waals surface area contributed by atoms with Crippen molar-refractivity contribution in [3.05, 3.63) is 57.3 Å². The first-order valence-electron chi connectivity index (χ1n) is 8.77. The minimum atomic E-state index is 0.0419. The molecule has 0 fully saturated rings. The van der Waals surface area contributed by atoms with Crippen LogP contribution in [0.3, 0.4) is 0 Å². The molecule has 128 valence electrons. The summed E-state index contributed by atoms with van der Waals surface area (Å²) in [6.07, 6.45) is 2.09. The molecule has 2 aromatic rings. The number of thiophene rings is 1. The number of nitrogens with zero attached hydrogens (tertiary/aromatic N) is 1. The molecule has 1 aromatic carbocycles. The minimum absolute atomic E-state index is 0.0419. The molecule has 24 heavy (non-hydrogen) atoms. The molecule has 2 atom stereocenters. The Morgan fingerprint density at radius 2 is 2.08 bits per heavy atom. The Morgan fingerprint density at radius 1 is 1.33 bits per heavy atom. The van der Waals surface area contributed by atoms with E-state index in [4.69, 9.17) is 0 Å². The third-order valence-electron chi connectivity index (χ3n) is 5.02. The second kappa shape index (κ2) is 7.49. The molecule has 3 nitrogen and oxygen atoms in total. The second-order valence-electron chi connectivity index (χ2n) is 6.58. The van der Waals surface area contributed by atoms with Crippen molar-refractivity contribution in [2.24, 2.45) is 0 Å². The number of nitrogens with one attached hydrogen (secondary N) is 1. The van der Waals surface area contributed by atoms with Gasteiger partial charge in [-0.1, -0.05) is 31.2 Å². The Labute approximate surface area is 148 Å². The van der Waals surface area contributed by atoms with Crippen molar-refractivity contribution >= 4 is 17.2 Å². The Bertz CT molecular complexity index is 692. The second-order valence-corrected chi connectivity index (χ2v) is 7.58. The van der Waals surface area contributed by atoms with E-state index in [1.54, 1.807) is 0 Å². The highest BCUT2D eigenvalue weighted by Gasteiger charge is 2.26. The smallest absolute Gasteiger partial charge is 0.234 e. The van der Waals surface area contributed by atoms with E-state index in [1.165, 1.54) is 16.0 Å². The van der Waals surface area contributed by atoms with E-state index in [2.05, 4.69) is 66.7 Å². The summed E-state index contributed by atoms with van der Waals surface area (Å²) in [4.78, 5) is 16.2. The number of fused-ring (bicyclic) bond motifs is 1. The highest BCUT2D eigenvalue weighted by molar-refractivity contribution is 7.10. The molecule has 4 heteroatoms. The van der Waals surface area contributed by atoms with Gasteiger partial charge in [-0.25, -0.2) is 0 Å². The predicted octanol–water partition coefficient (Wildman–Crippen LogP) is 4.11. The fourth-order valence-electron chi connectivity index (χ4n) is 3.37. The fourth-order valence-corrected chi connectivity index (χ4v) is 4.34. The Hall–Kier alpha value is -1.65. The lowest BCUT2D eigenvalue weighted by Gasteiger charge is -2.33. The number of aryl methyl sites for hydroxylation is 1. The molecule has 0 aliphatic carbocycles. The van der Waals surface area contributed by atoms with Crippen LogP contribution in [0.5, 0.6) is 0 Å². The van der Waals surface area contributed by atoms with Crippen LogP contribution in [-0.4, -0.2) is 23.9 Å². The third kappa shape index (κ3) is 3.70. The van der Waals surface area contributed by atoms with E-state index in [0.29, 0.717) is 12.6 Å². The molecular formula is C20H26N2OS. The molecule has 1 amide bonds. The van der Waals surface area contributed by atoms with Crippen LogP contribution in [0.1, 0.15) is 54.4 Å². The number of benzene rings is 1. The standard InChI is InChI=1S/C20H26N2OS/c1-4-16-5-7-17(8-6-16)14(2)21-20(23)13-22-11-9-19-18(15(22)3)10-12-24-19/h5-8,10,12,14-15H,4,9,11,13H2,1-3H3,(H,21,23)/t14-,15-/m0/s1. The molecule has 1 aliphatic rings. The average molecular weight is 343 g/mol. The lowest BCUT2D eigenvalue weighted by molar-refractivity contribution is -0.123. The summed E-state index contributed by atoms with van der Waals surface area (Å²) < 4.78 is 0. The lowest BCUT2D eigenvalue weighted by Crippen LogP contribution is -2.42. The first kappa shape index (κ1) is 17.2. The summed E-state index contributed by atoms with van der Waals surface area (Å²) in [6, 6.07) is 11.1. The predicted molar refractivity (Wildman–Crippen MR) is 100 cm³/mol. The maximum atomic E-state index is 12.5. The molecule has 0 bridgehead atoms. The molecule has 3 rings (SSSR count). The van der Waals surface area contributed by atoms with Gasteiger partial charge in [0.2, 0.25) is 5.91 Å². The van der Waals surface area contributed by atoms with E-state index in [9.17, 15) is 4.79 Å². The summed E-state index contributed by atoms with van der Waals surface area (Å²) >= 11 is 1.83. The van der Waals surface area contributed by atoms with Crippen molar-refractivity contribution in [2.75, 3.05) is 13.1 Å². The average Bonchev–Trinajstić information content (AvgIpc) is 3.07. The van der Waals surface area contributed by atoms with Crippen molar-refractivity contribution < 1.29 is 4.79 Å². The molecule has 1 N–H and O–H groups in total. The van der Waals surface area contributed by atoms with Gasteiger partial charge < -0.3 is 5.32 Å². The topological polar surface area (TPSA) is 32.3 Å². The lowest BCUT2D eigenvalue weighted by atomic mass is 10.0. The van der Waals surface area contributed by atoms with Gasteiger partial charge in [0.05, 0.1) is 12.6 Å². The molecular weight excluding hydrogens is 316 g/mol. The van der Waals surface area contributed by atoms with Gasteiger partial charge in [0.15, 0.2) is 0 Å². The largest absolute Gasteiger partial charge is 0.348 e. The number of hydrogen-bond acceptors (Lipinski definition) is 3. The first-order chi connectivity index (χ1) is 11.6. The molecule has 1 aliphatic heterocycles. The maximum absolute atomic E-state index is 12.5. The normalized spacial score (nSPS) is 18.9. The van der Waals surface area contributed by atoms with Gasteiger partial charge in [-0.2, -0.15) is 0 Å². The van der Waals surface area contributed by atoms with Gasteiger partial charge in [-0.3, -0.25) is 9.69 Å². The van der Waals surface area contributed by atoms with Crippen LogP contribution in [0.2, 0.25) is 0 Å². The van der Waals surface area contributed by atoms with Crippen LogP contribution >= 0.6 is 11.3 Å². The summed E-state index contributed by atoms with van der Waals surface area (Å²) in [5.41, 5.74) is 3.88. The highest BCUT2D eigenvalue weighted by atomic mass is 32.1. The van der Waals surface area contributed by atoms with Crippen molar-refractivity contribution in [3.63, 3.8) is 0 Å². The third-order valence-corrected chi connectivity index (χ3v) is 6.01. The summed E-state index contributed by atoms with van der Waals surface area (Å²) in [5.74, 6) is 0.104. The zero-order chi connectivity index (χ0) is 17.1. The number of carbonyl (C=O) groups excluding carboxylic acids is 1. The SMILES string of the molecule is CCc1ccc([C@H](C)NC(=O)CN2CCc3sccc3[C@@H]2C)cc1. The van der Waals surface area contributed by atoms with Crippen LogP contribution in [0.4, 0.5) is 0 Å². The van der Waals surface area contributed by atoms with E-state index < -0.39 is 0 Å². The summed E-state index contributed by atoms with van der Waals surface area (Å²) in [5, 5.41) is 5.30. The zero-order valence-electron chi connectivity index (χ0n) is 14.7. The quantitative estimate of drug-likeness (QED) is 0.887. The zero-order valence-corrected chi connectivity index (χ0v) is 15.5. The molecule has 2 heterocycles. The summed E-state index contributed by atoms with van der Waals surface area (Å²) in [6.45, 7) is 7.83. The van der Waals surface area contributed by atoms with Gasteiger partial charge in [0.1, 0.15) is 0 Å². The molecule has 0 saturated carbocycles. The monoisotopic (exact) mass is 342 g/mol. The van der Waals surface area contributed by atoms with Crippen molar-refractivity contribution in [3.8, 4) is 0 Å². The van der Waals surface area contributed by atoms with Gasteiger partial charge in [0, 0.05) is 17.5 Å². The summed E-state index contributed by atoms with van der Waals surface area (Å²) in [7, 11) is 0. The van der Waals surface area contributed by atoms with Crippen LogP contribution in [0.15, 0.2) is 35.7 Å². The van der Waals surface area contributed by atoms with Crippen molar-refractivity contribution in [1.29, 1.82) is 0 Å². The molecule has 0 unspecified atom stereocenters. The van der Waals surface area contributed by atoms with Gasteiger partial charge in [0.25, 0.3) is 0 Å². The molecule has 1 aromatic heterocycles. The van der Waals surface area contributed by atoms with Crippen molar-refractivity contribution in [1.82, 2.24) is 10.2 Å². The van der Waals surface area contributed by atoms with Crippen LogP contribution in [-0.2, 0) is 17.6 Å². The fraction of sp³-hybridized carbons (Fsp3) is 0.450. The Morgan fingerprint density at radius 3 is 2.79 bits per heavy atom. The number of carbonyl (C=O) groups is 1. The molecule has 0 spiro atoms. The van der Waals surface area contributed by atoms with Gasteiger partial charge in [-0.05, 0) is 54.8 Å². The van der Waals surface area contributed by atoms with Gasteiger partial charge >= 0.3 is 0 Å². The van der Waals surface area contributed by atoms with Gasteiger partial charge in [-0.15, -0.1) is 11.3 Å². The maximum Gasteiger partial charge on any atom is 0.234 e. The highest BCUT2D eigenvalue weighted by Crippen LogP contribution is 2.32. The molecule has 0 saturated heterocycles.